The van der Waals surface area contributed by atoms with Crippen molar-refractivity contribution >= 4 is 11.9 Å². The van der Waals surface area contributed by atoms with E-state index in [0.29, 0.717) is 0 Å². The van der Waals surface area contributed by atoms with Crippen LogP contribution in [0.15, 0.2) is 0 Å². The molecule has 0 aliphatic heterocycles. The quantitative estimate of drug-likeness (QED) is 0.147. The van der Waals surface area contributed by atoms with Crippen molar-refractivity contribution in [2.24, 2.45) is 0 Å². The van der Waals surface area contributed by atoms with Crippen molar-refractivity contribution in [2.45, 2.75) is 0 Å². The Balaban J connectivity index is 0. The molecule has 40 valence electrons. The monoisotopic (exact) mass is 127 g/mol. The van der Waals surface area contributed by atoms with Crippen LogP contribution in [0.4, 0.5) is 0 Å². The van der Waals surface area contributed by atoms with Crippen molar-refractivity contribution in [2.75, 3.05) is 0 Å². The summed E-state index contributed by atoms with van der Waals surface area (Å²) in [6.07, 6.45) is 0. The van der Waals surface area contributed by atoms with Gasteiger partial charge < -0.3 is 9.90 Å². The van der Waals surface area contributed by atoms with E-state index in [1.807, 2.05) is 0 Å². The molecule has 0 fully saturated rings. The normalized spacial score (nSPS) is 6.62. The second-order valence-corrected chi connectivity index (χ2v) is 0.728. The Bertz CT molecular complexity index is 102. The summed E-state index contributed by atoms with van der Waals surface area (Å²) in [5.41, 5.74) is 0.863. The van der Waals surface area contributed by atoms with Crippen LogP contribution in [0.1, 0.15) is 0 Å². The van der Waals surface area contributed by atoms with Gasteiger partial charge in [-0.1, -0.05) is 0 Å². The zero-order valence-corrected chi connectivity index (χ0v) is 6.17. The Morgan fingerprint density at radius 2 is 1.88 bits per heavy atom. The Morgan fingerprint density at radius 3 is 1.88 bits per heavy atom. The number of carbonyl (C=O) groups is 2. The van der Waals surface area contributed by atoms with E-state index in [9.17, 15) is 14.7 Å². The largest absolute Gasteiger partial charge is 1.00 e. The molecule has 0 aromatic carbocycles. The summed E-state index contributed by atoms with van der Waals surface area (Å²) in [7, 11) is 0. The van der Waals surface area contributed by atoms with Crippen molar-refractivity contribution in [1.29, 1.82) is 0 Å². The minimum absolute atomic E-state index is 0. The van der Waals surface area contributed by atoms with Crippen molar-refractivity contribution < 1.29 is 49.5 Å². The fourth-order valence-electron chi connectivity index (χ4n) is 0.0456. The smallest absolute Gasteiger partial charge is 0.540 e. The average molecular weight is 127 g/mol. The molecule has 0 aliphatic carbocycles. The molecule has 5 nitrogen and oxygen atoms in total. The Morgan fingerprint density at radius 1 is 1.50 bits per heavy atom. The number of hydrogen-bond donors (Lipinski definition) is 2. The molecule has 0 bridgehead atoms. The number of amides is 1. The fourth-order valence-corrected chi connectivity index (χ4v) is 0.0456. The van der Waals surface area contributed by atoms with Gasteiger partial charge in [-0.2, -0.15) is 0 Å². The average Bonchev–Trinajstić information content (AvgIpc) is 1.65. The van der Waals surface area contributed by atoms with E-state index in [4.69, 9.17) is 5.21 Å². The first-order valence-corrected chi connectivity index (χ1v) is 1.34. The third-order valence-corrected chi connectivity index (χ3v) is 0.287. The topological polar surface area (TPSA) is 89.5 Å². The second kappa shape index (κ2) is 5.04. The molecule has 1 amide bonds. The number of rotatable bonds is 0. The van der Waals surface area contributed by atoms with E-state index in [1.165, 1.54) is 0 Å². The summed E-state index contributed by atoms with van der Waals surface area (Å²) in [6.45, 7) is 0. The molecule has 0 heterocycles. The Labute approximate surface area is 66.9 Å². The van der Waals surface area contributed by atoms with Crippen molar-refractivity contribution in [3.8, 4) is 0 Å². The van der Waals surface area contributed by atoms with E-state index < -0.39 is 11.9 Å². The summed E-state index contributed by atoms with van der Waals surface area (Å²) >= 11 is 0. The predicted octanol–water partition coefficient (Wildman–Crippen LogP) is -5.75. The predicted molar refractivity (Wildman–Crippen MR) is 14.9 cm³/mol. The molecule has 0 radical (unpaired) electrons. The van der Waals surface area contributed by atoms with Crippen molar-refractivity contribution in [3.63, 3.8) is 0 Å². The first-order chi connectivity index (χ1) is 3.18. The molecular formula is C2H2NNaO4. The Hall–Kier alpha value is -0.100. The van der Waals surface area contributed by atoms with Crippen LogP contribution in [0.5, 0.6) is 0 Å². The third-order valence-electron chi connectivity index (χ3n) is 0.287. The van der Waals surface area contributed by atoms with Crippen LogP contribution in [-0.2, 0) is 9.59 Å². The van der Waals surface area contributed by atoms with E-state index in [1.54, 1.807) is 0 Å². The number of carboxylic acids is 1. The van der Waals surface area contributed by atoms with E-state index >= 15 is 0 Å². The molecule has 0 unspecified atom stereocenters. The molecular weight excluding hydrogens is 125 g/mol. The van der Waals surface area contributed by atoms with Crippen molar-refractivity contribution in [1.82, 2.24) is 5.48 Å². The van der Waals surface area contributed by atoms with Gasteiger partial charge in [0.15, 0.2) is 0 Å². The first kappa shape index (κ1) is 10.8. The SMILES string of the molecule is O=C([O-])C(=O)NO.[Na+]. The molecule has 0 saturated heterocycles. The molecule has 8 heavy (non-hydrogen) atoms. The zero-order chi connectivity index (χ0) is 5.86. The van der Waals surface area contributed by atoms with Crippen LogP contribution in [0.25, 0.3) is 0 Å². The maximum absolute atomic E-state index is 9.49. The maximum atomic E-state index is 9.49. The van der Waals surface area contributed by atoms with Gasteiger partial charge in [0, 0.05) is 0 Å². The second-order valence-electron chi connectivity index (χ2n) is 0.728. The van der Waals surface area contributed by atoms with Gasteiger partial charge >= 0.3 is 29.6 Å². The number of hydrogen-bond acceptors (Lipinski definition) is 4. The van der Waals surface area contributed by atoms with Gasteiger partial charge in [-0.05, 0) is 0 Å². The maximum Gasteiger partial charge on any atom is 1.00 e. The van der Waals surface area contributed by atoms with Gasteiger partial charge in [0.1, 0.15) is 5.97 Å². The fraction of sp³-hybridized carbons (Fsp3) is 0. The van der Waals surface area contributed by atoms with Gasteiger partial charge in [-0.25, -0.2) is 5.48 Å². The van der Waals surface area contributed by atoms with E-state index in [2.05, 4.69) is 0 Å². The number of hydroxylamine groups is 1. The van der Waals surface area contributed by atoms with Crippen LogP contribution in [-0.4, -0.2) is 17.1 Å². The van der Waals surface area contributed by atoms with E-state index in [-0.39, 0.29) is 29.6 Å². The third kappa shape index (κ3) is 4.07. The summed E-state index contributed by atoms with van der Waals surface area (Å²) in [6, 6.07) is 0. The summed E-state index contributed by atoms with van der Waals surface area (Å²) in [5, 5.41) is 16.7. The van der Waals surface area contributed by atoms with Crippen LogP contribution in [0.3, 0.4) is 0 Å². The Kier molecular flexibility index (Phi) is 6.81. The van der Waals surface area contributed by atoms with Crippen LogP contribution < -0.4 is 40.1 Å². The summed E-state index contributed by atoms with van der Waals surface area (Å²) < 4.78 is 0. The first-order valence-electron chi connectivity index (χ1n) is 1.34. The zero-order valence-electron chi connectivity index (χ0n) is 4.17. The number of carbonyl (C=O) groups excluding carboxylic acids is 2. The minimum atomic E-state index is -1.96. The van der Waals surface area contributed by atoms with Gasteiger partial charge in [0.2, 0.25) is 0 Å². The molecule has 0 atom stereocenters. The van der Waals surface area contributed by atoms with Gasteiger partial charge in [0.25, 0.3) is 5.91 Å². The molecule has 6 heteroatoms. The van der Waals surface area contributed by atoms with E-state index in [0.717, 1.165) is 5.48 Å². The number of carboxylic acid groups (broad SMARTS) is 1. The number of nitrogens with one attached hydrogen (secondary N) is 1. The van der Waals surface area contributed by atoms with Gasteiger partial charge in [-0.3, -0.25) is 10.0 Å². The van der Waals surface area contributed by atoms with Gasteiger partial charge in [0.05, 0.1) is 0 Å². The molecule has 0 aliphatic rings. The van der Waals surface area contributed by atoms with Crippen LogP contribution in [0, 0.1) is 0 Å². The van der Waals surface area contributed by atoms with Crippen LogP contribution in [0.2, 0.25) is 0 Å². The number of aliphatic carboxylic acids is 1. The molecule has 0 saturated carbocycles. The standard InChI is InChI=1S/C2H3NO4.Na/c4-1(3-7)2(5)6;/h7H,(H,3,4)(H,5,6);/q;+1/p-1. The summed E-state index contributed by atoms with van der Waals surface area (Å²) in [5.74, 6) is -3.50. The molecule has 0 rings (SSSR count). The molecule has 0 spiro atoms. The minimum Gasteiger partial charge on any atom is -0.540 e. The van der Waals surface area contributed by atoms with Crippen LogP contribution >= 0.6 is 0 Å². The van der Waals surface area contributed by atoms with Gasteiger partial charge in [-0.15, -0.1) is 0 Å². The molecule has 2 N–H and O–H groups in total. The molecule has 0 aromatic rings. The molecule has 0 aromatic heterocycles. The van der Waals surface area contributed by atoms with Crippen molar-refractivity contribution in [3.05, 3.63) is 0 Å². The summed E-state index contributed by atoms with van der Waals surface area (Å²) in [4.78, 5) is 18.7.